The molecule has 1 aromatic rings. The Kier molecular flexibility index (Phi) is 2.54. The number of hydrogen-bond acceptors (Lipinski definition) is 1. The SMILES string of the molecule is CO[CH]c1cc(F)cc(F)c1. The smallest absolute Gasteiger partial charge is 0.126 e. The van der Waals surface area contributed by atoms with Crippen LogP contribution in [0.15, 0.2) is 18.2 Å². The first-order chi connectivity index (χ1) is 5.22. The van der Waals surface area contributed by atoms with Crippen LogP contribution in [0.5, 0.6) is 0 Å². The summed E-state index contributed by atoms with van der Waals surface area (Å²) in [5.41, 5.74) is 0.380. The average Bonchev–Trinajstić information content (AvgIpc) is 1.85. The normalized spacial score (nSPS) is 10.1. The molecule has 11 heavy (non-hydrogen) atoms. The van der Waals surface area contributed by atoms with E-state index in [9.17, 15) is 8.78 Å². The van der Waals surface area contributed by atoms with Crippen LogP contribution in [0.2, 0.25) is 0 Å². The van der Waals surface area contributed by atoms with Crippen molar-refractivity contribution in [3.63, 3.8) is 0 Å². The molecule has 3 heteroatoms. The fourth-order valence-electron chi connectivity index (χ4n) is 0.779. The zero-order chi connectivity index (χ0) is 8.27. The van der Waals surface area contributed by atoms with Gasteiger partial charge in [0.1, 0.15) is 18.2 Å². The average molecular weight is 157 g/mol. The van der Waals surface area contributed by atoms with E-state index >= 15 is 0 Å². The molecule has 0 spiro atoms. The topological polar surface area (TPSA) is 9.23 Å². The Labute approximate surface area is 63.6 Å². The second-order valence-corrected chi connectivity index (χ2v) is 2.06. The molecule has 0 unspecified atom stereocenters. The summed E-state index contributed by atoms with van der Waals surface area (Å²) in [6.07, 6.45) is 0. The lowest BCUT2D eigenvalue weighted by molar-refractivity contribution is 0.292. The van der Waals surface area contributed by atoms with Crippen LogP contribution in [0.4, 0.5) is 8.78 Å². The van der Waals surface area contributed by atoms with E-state index in [1.165, 1.54) is 25.8 Å². The fraction of sp³-hybridized carbons (Fsp3) is 0.125. The van der Waals surface area contributed by atoms with Gasteiger partial charge in [0.05, 0.1) is 0 Å². The Hall–Kier alpha value is -0.960. The Balaban J connectivity index is 2.89. The molecule has 1 rings (SSSR count). The van der Waals surface area contributed by atoms with Crippen LogP contribution in [0.25, 0.3) is 0 Å². The molecule has 0 amide bonds. The van der Waals surface area contributed by atoms with Crippen molar-refractivity contribution in [3.8, 4) is 0 Å². The third-order valence-corrected chi connectivity index (χ3v) is 1.14. The molecule has 1 radical (unpaired) electrons. The monoisotopic (exact) mass is 157 g/mol. The maximum atomic E-state index is 12.4. The molecule has 0 atom stereocenters. The van der Waals surface area contributed by atoms with Crippen molar-refractivity contribution >= 4 is 0 Å². The highest BCUT2D eigenvalue weighted by Gasteiger charge is 1.99. The van der Waals surface area contributed by atoms with Crippen LogP contribution < -0.4 is 0 Å². The Morgan fingerprint density at radius 2 is 1.73 bits per heavy atom. The minimum absolute atomic E-state index is 0.380. The van der Waals surface area contributed by atoms with E-state index in [4.69, 9.17) is 0 Å². The Bertz CT molecular complexity index is 228. The molecule has 0 aliphatic carbocycles. The van der Waals surface area contributed by atoms with Crippen molar-refractivity contribution < 1.29 is 13.5 Å². The molecule has 0 saturated heterocycles. The lowest BCUT2D eigenvalue weighted by Gasteiger charge is -1.98. The first kappa shape index (κ1) is 8.14. The molecule has 0 N–H and O–H groups in total. The van der Waals surface area contributed by atoms with Crippen LogP contribution in [-0.4, -0.2) is 7.11 Å². The van der Waals surface area contributed by atoms with E-state index in [2.05, 4.69) is 4.74 Å². The van der Waals surface area contributed by atoms with Gasteiger partial charge in [0.15, 0.2) is 0 Å². The van der Waals surface area contributed by atoms with Gasteiger partial charge in [0.25, 0.3) is 0 Å². The number of rotatable bonds is 2. The van der Waals surface area contributed by atoms with Crippen molar-refractivity contribution in [2.75, 3.05) is 7.11 Å². The minimum atomic E-state index is -0.603. The van der Waals surface area contributed by atoms with Gasteiger partial charge in [-0.3, -0.25) is 0 Å². The second kappa shape index (κ2) is 3.44. The largest absolute Gasteiger partial charge is 0.374 e. The third kappa shape index (κ3) is 2.27. The molecular formula is C8H7F2O. The molecule has 0 bridgehead atoms. The first-order valence-electron chi connectivity index (χ1n) is 3.04. The van der Waals surface area contributed by atoms with Crippen LogP contribution in [0.1, 0.15) is 5.56 Å². The molecule has 59 valence electrons. The van der Waals surface area contributed by atoms with Crippen LogP contribution >= 0.6 is 0 Å². The van der Waals surface area contributed by atoms with Crippen LogP contribution in [0.3, 0.4) is 0 Å². The molecule has 0 aromatic heterocycles. The van der Waals surface area contributed by atoms with Gasteiger partial charge in [0, 0.05) is 13.2 Å². The zero-order valence-electron chi connectivity index (χ0n) is 5.97. The highest BCUT2D eigenvalue weighted by Crippen LogP contribution is 2.09. The third-order valence-electron chi connectivity index (χ3n) is 1.14. The molecule has 0 aliphatic rings. The summed E-state index contributed by atoms with van der Waals surface area (Å²) >= 11 is 0. The van der Waals surface area contributed by atoms with Gasteiger partial charge in [-0.1, -0.05) is 0 Å². The fourth-order valence-corrected chi connectivity index (χ4v) is 0.779. The summed E-state index contributed by atoms with van der Waals surface area (Å²) < 4.78 is 29.5. The molecular weight excluding hydrogens is 150 g/mol. The van der Waals surface area contributed by atoms with E-state index in [-0.39, 0.29) is 0 Å². The molecule has 0 aliphatic heterocycles. The molecule has 0 saturated carbocycles. The molecule has 1 aromatic carbocycles. The maximum absolute atomic E-state index is 12.4. The summed E-state index contributed by atoms with van der Waals surface area (Å²) in [5.74, 6) is -1.21. The van der Waals surface area contributed by atoms with Crippen molar-refractivity contribution in [2.45, 2.75) is 0 Å². The molecule has 0 heterocycles. The van der Waals surface area contributed by atoms with E-state index in [0.717, 1.165) is 6.07 Å². The highest BCUT2D eigenvalue weighted by molar-refractivity contribution is 5.22. The summed E-state index contributed by atoms with van der Waals surface area (Å²) in [6.45, 7) is 1.27. The van der Waals surface area contributed by atoms with E-state index < -0.39 is 11.6 Å². The summed E-state index contributed by atoms with van der Waals surface area (Å²) in [5, 5.41) is 0. The van der Waals surface area contributed by atoms with Gasteiger partial charge in [-0.25, -0.2) is 8.78 Å². The second-order valence-electron chi connectivity index (χ2n) is 2.06. The number of methoxy groups -OCH3 is 1. The van der Waals surface area contributed by atoms with Crippen molar-refractivity contribution in [2.24, 2.45) is 0 Å². The van der Waals surface area contributed by atoms with E-state index in [1.54, 1.807) is 0 Å². The van der Waals surface area contributed by atoms with Crippen molar-refractivity contribution in [1.82, 2.24) is 0 Å². The van der Waals surface area contributed by atoms with Gasteiger partial charge in [-0.2, -0.15) is 0 Å². The Morgan fingerprint density at radius 1 is 1.18 bits per heavy atom. The van der Waals surface area contributed by atoms with Crippen LogP contribution in [-0.2, 0) is 4.74 Å². The predicted octanol–water partition coefficient (Wildman–Crippen LogP) is 2.12. The lowest BCUT2D eigenvalue weighted by Crippen LogP contribution is -1.87. The van der Waals surface area contributed by atoms with Gasteiger partial charge >= 0.3 is 0 Å². The highest BCUT2D eigenvalue weighted by atomic mass is 19.1. The van der Waals surface area contributed by atoms with Gasteiger partial charge in [0.2, 0.25) is 0 Å². The number of hydrogen-bond donors (Lipinski definition) is 0. The first-order valence-corrected chi connectivity index (χ1v) is 3.04. The molecule has 1 nitrogen and oxygen atoms in total. The van der Waals surface area contributed by atoms with Crippen molar-refractivity contribution in [1.29, 1.82) is 0 Å². The molecule has 0 fully saturated rings. The number of benzene rings is 1. The van der Waals surface area contributed by atoms with Gasteiger partial charge in [-0.15, -0.1) is 0 Å². The van der Waals surface area contributed by atoms with Crippen molar-refractivity contribution in [3.05, 3.63) is 42.0 Å². The minimum Gasteiger partial charge on any atom is -0.374 e. The van der Waals surface area contributed by atoms with E-state index in [0.29, 0.717) is 5.56 Å². The summed E-state index contributed by atoms with van der Waals surface area (Å²) in [6, 6.07) is 3.19. The van der Waals surface area contributed by atoms with E-state index in [1.807, 2.05) is 0 Å². The standard InChI is InChI=1S/C8H7F2O/c1-11-5-6-2-7(9)4-8(10)3-6/h2-5H,1H3. The quantitative estimate of drug-likeness (QED) is 0.638. The number of ether oxygens (including phenoxy) is 1. The number of halogens is 2. The summed E-state index contributed by atoms with van der Waals surface area (Å²) in [4.78, 5) is 0. The lowest BCUT2D eigenvalue weighted by atomic mass is 10.2. The predicted molar refractivity (Wildman–Crippen MR) is 36.8 cm³/mol. The summed E-state index contributed by atoms with van der Waals surface area (Å²) in [7, 11) is 1.42. The Morgan fingerprint density at radius 3 is 2.18 bits per heavy atom. The zero-order valence-corrected chi connectivity index (χ0v) is 5.97. The maximum Gasteiger partial charge on any atom is 0.126 e. The van der Waals surface area contributed by atoms with Gasteiger partial charge in [-0.05, 0) is 17.7 Å². The van der Waals surface area contributed by atoms with Gasteiger partial charge < -0.3 is 4.74 Å². The van der Waals surface area contributed by atoms with Crippen LogP contribution in [0, 0.1) is 18.2 Å².